The SMILES string of the molecule is Cc1cc(C(=O)CN2C(=O)NC3(CCCC3)C2=O)c(C)n1-c1ccc(F)cc1. The summed E-state index contributed by atoms with van der Waals surface area (Å²) < 4.78 is 15.1. The number of imide groups is 1. The standard InChI is InChI=1S/C21H22FN3O3/c1-13-11-17(14(2)25(13)16-7-5-15(22)6-8-16)18(26)12-24-19(27)21(23-20(24)28)9-3-4-10-21/h5-8,11H,3-4,9-10,12H2,1-2H3,(H,23,28). The summed E-state index contributed by atoms with van der Waals surface area (Å²) in [5, 5.41) is 2.79. The first-order valence-corrected chi connectivity index (χ1v) is 9.44. The van der Waals surface area contributed by atoms with Crippen molar-refractivity contribution in [1.82, 2.24) is 14.8 Å². The first kappa shape index (κ1) is 18.4. The fourth-order valence-corrected chi connectivity index (χ4v) is 4.40. The third kappa shape index (κ3) is 2.82. The zero-order valence-electron chi connectivity index (χ0n) is 15.9. The van der Waals surface area contributed by atoms with Crippen LogP contribution in [-0.2, 0) is 4.79 Å². The van der Waals surface area contributed by atoms with Crippen LogP contribution in [0.3, 0.4) is 0 Å². The van der Waals surface area contributed by atoms with Crippen LogP contribution in [0.15, 0.2) is 30.3 Å². The lowest BCUT2D eigenvalue weighted by Gasteiger charge is -2.19. The number of nitrogens with one attached hydrogen (secondary N) is 1. The van der Waals surface area contributed by atoms with Crippen molar-refractivity contribution in [3.8, 4) is 5.69 Å². The van der Waals surface area contributed by atoms with Crippen molar-refractivity contribution < 1.29 is 18.8 Å². The molecule has 0 radical (unpaired) electrons. The predicted octanol–water partition coefficient (Wildman–Crippen LogP) is 3.28. The van der Waals surface area contributed by atoms with Crippen molar-refractivity contribution in [2.24, 2.45) is 0 Å². The minimum Gasteiger partial charge on any atom is -0.323 e. The summed E-state index contributed by atoms with van der Waals surface area (Å²) in [6.07, 6.45) is 3.04. The molecule has 2 aromatic rings. The van der Waals surface area contributed by atoms with Gasteiger partial charge in [-0.2, -0.15) is 0 Å². The minimum absolute atomic E-state index is 0.278. The van der Waals surface area contributed by atoms with E-state index in [4.69, 9.17) is 0 Å². The highest BCUT2D eigenvalue weighted by molar-refractivity contribution is 6.11. The summed E-state index contributed by atoms with van der Waals surface area (Å²) in [7, 11) is 0. The maximum atomic E-state index is 13.2. The van der Waals surface area contributed by atoms with Crippen molar-refractivity contribution in [2.75, 3.05) is 6.54 Å². The molecule has 0 atom stereocenters. The summed E-state index contributed by atoms with van der Waals surface area (Å²) in [5.74, 6) is -0.919. The lowest BCUT2D eigenvalue weighted by atomic mass is 9.98. The molecule has 7 heteroatoms. The maximum Gasteiger partial charge on any atom is 0.325 e. The highest BCUT2D eigenvalue weighted by Gasteiger charge is 2.52. The van der Waals surface area contributed by atoms with Gasteiger partial charge in [0.25, 0.3) is 5.91 Å². The van der Waals surface area contributed by atoms with Gasteiger partial charge in [-0.15, -0.1) is 0 Å². The van der Waals surface area contributed by atoms with Crippen molar-refractivity contribution in [3.05, 3.63) is 53.1 Å². The molecule has 2 aliphatic rings. The summed E-state index contributed by atoms with van der Waals surface area (Å²) >= 11 is 0. The Labute approximate surface area is 162 Å². The number of rotatable bonds is 4. The molecule has 0 bridgehead atoms. The number of carbonyl (C=O) groups is 3. The Kier molecular flexibility index (Phi) is 4.33. The van der Waals surface area contributed by atoms with Crippen LogP contribution < -0.4 is 5.32 Å². The van der Waals surface area contributed by atoms with Gasteiger partial charge in [0.1, 0.15) is 11.4 Å². The number of nitrogens with zero attached hydrogens (tertiary/aromatic N) is 2. The number of halogens is 1. The summed E-state index contributed by atoms with van der Waals surface area (Å²) in [4.78, 5) is 39.1. The normalized spacial score (nSPS) is 18.2. The van der Waals surface area contributed by atoms with Crippen LogP contribution in [0.2, 0.25) is 0 Å². The Hall–Kier alpha value is -2.96. The monoisotopic (exact) mass is 383 g/mol. The smallest absolute Gasteiger partial charge is 0.323 e. The number of amides is 3. The zero-order valence-corrected chi connectivity index (χ0v) is 15.9. The lowest BCUT2D eigenvalue weighted by Crippen LogP contribution is -2.44. The van der Waals surface area contributed by atoms with Gasteiger partial charge >= 0.3 is 6.03 Å². The van der Waals surface area contributed by atoms with Gasteiger partial charge in [-0.3, -0.25) is 14.5 Å². The van der Waals surface area contributed by atoms with E-state index in [0.717, 1.165) is 29.1 Å². The molecule has 4 rings (SSSR count). The molecule has 1 aliphatic carbocycles. The van der Waals surface area contributed by atoms with Gasteiger partial charge in [0.15, 0.2) is 5.78 Å². The van der Waals surface area contributed by atoms with E-state index in [-0.39, 0.29) is 24.1 Å². The highest BCUT2D eigenvalue weighted by Crippen LogP contribution is 2.35. The van der Waals surface area contributed by atoms with E-state index in [2.05, 4.69) is 5.32 Å². The second-order valence-corrected chi connectivity index (χ2v) is 7.63. The second kappa shape index (κ2) is 6.58. The third-order valence-electron chi connectivity index (χ3n) is 5.82. The molecule has 1 aromatic carbocycles. The van der Waals surface area contributed by atoms with E-state index < -0.39 is 11.6 Å². The van der Waals surface area contributed by atoms with Crippen LogP contribution in [0.25, 0.3) is 5.69 Å². The van der Waals surface area contributed by atoms with Gasteiger partial charge in [-0.1, -0.05) is 12.8 Å². The van der Waals surface area contributed by atoms with Crippen molar-refractivity contribution >= 4 is 17.7 Å². The van der Waals surface area contributed by atoms with Crippen LogP contribution in [-0.4, -0.2) is 39.3 Å². The van der Waals surface area contributed by atoms with E-state index in [9.17, 15) is 18.8 Å². The van der Waals surface area contributed by atoms with E-state index in [1.165, 1.54) is 12.1 Å². The van der Waals surface area contributed by atoms with Crippen LogP contribution >= 0.6 is 0 Å². The number of carbonyl (C=O) groups excluding carboxylic acids is 3. The fraction of sp³-hybridized carbons (Fsp3) is 0.381. The average Bonchev–Trinajstić information content (AvgIpc) is 3.30. The number of hydrogen-bond donors (Lipinski definition) is 1. The second-order valence-electron chi connectivity index (χ2n) is 7.63. The van der Waals surface area contributed by atoms with Crippen LogP contribution in [0.5, 0.6) is 0 Å². The number of aromatic nitrogens is 1. The number of hydrogen-bond acceptors (Lipinski definition) is 3. The highest BCUT2D eigenvalue weighted by atomic mass is 19.1. The molecule has 146 valence electrons. The molecule has 1 aromatic heterocycles. The number of ketones is 1. The van der Waals surface area contributed by atoms with Crippen molar-refractivity contribution in [1.29, 1.82) is 0 Å². The molecule has 1 N–H and O–H groups in total. The van der Waals surface area contributed by atoms with Crippen LogP contribution in [0.4, 0.5) is 9.18 Å². The van der Waals surface area contributed by atoms with E-state index in [0.29, 0.717) is 24.1 Å². The molecule has 28 heavy (non-hydrogen) atoms. The first-order chi connectivity index (χ1) is 13.3. The molecule has 2 heterocycles. The van der Waals surface area contributed by atoms with Crippen molar-refractivity contribution in [3.63, 3.8) is 0 Å². The molecule has 1 saturated carbocycles. The molecule has 0 unspecified atom stereocenters. The first-order valence-electron chi connectivity index (χ1n) is 9.44. The quantitative estimate of drug-likeness (QED) is 0.651. The van der Waals surface area contributed by atoms with Crippen molar-refractivity contribution in [2.45, 2.75) is 45.1 Å². The Morgan fingerprint density at radius 2 is 1.79 bits per heavy atom. The molecular formula is C21H22FN3O3. The van der Waals surface area contributed by atoms with Crippen LogP contribution in [0, 0.1) is 19.7 Å². The van der Waals surface area contributed by atoms with Gasteiger partial charge in [0.2, 0.25) is 0 Å². The molecule has 1 saturated heterocycles. The zero-order chi connectivity index (χ0) is 20.1. The minimum atomic E-state index is -0.817. The molecule has 1 spiro atoms. The summed E-state index contributed by atoms with van der Waals surface area (Å²) in [5.41, 5.74) is 1.89. The maximum absolute atomic E-state index is 13.2. The number of benzene rings is 1. The Morgan fingerprint density at radius 3 is 2.43 bits per heavy atom. The lowest BCUT2D eigenvalue weighted by molar-refractivity contribution is -0.130. The summed E-state index contributed by atoms with van der Waals surface area (Å²) in [6, 6.07) is 7.27. The largest absolute Gasteiger partial charge is 0.325 e. The Bertz CT molecular complexity index is 972. The van der Waals surface area contributed by atoms with Gasteiger partial charge in [-0.25, -0.2) is 9.18 Å². The molecular weight excluding hydrogens is 361 g/mol. The Balaban J connectivity index is 1.59. The summed E-state index contributed by atoms with van der Waals surface area (Å²) in [6.45, 7) is 3.38. The van der Waals surface area contributed by atoms with Gasteiger partial charge in [0.05, 0.1) is 6.54 Å². The van der Waals surface area contributed by atoms with Gasteiger partial charge in [0, 0.05) is 22.6 Å². The molecule has 3 amide bonds. The van der Waals surface area contributed by atoms with E-state index >= 15 is 0 Å². The predicted molar refractivity (Wildman–Crippen MR) is 101 cm³/mol. The van der Waals surface area contributed by atoms with Crippen LogP contribution in [0.1, 0.15) is 47.4 Å². The van der Waals surface area contributed by atoms with E-state index in [1.807, 2.05) is 11.5 Å². The topological polar surface area (TPSA) is 71.4 Å². The molecule has 2 fully saturated rings. The third-order valence-corrected chi connectivity index (χ3v) is 5.82. The number of aryl methyl sites for hydroxylation is 1. The number of Topliss-reactive ketones (excluding diaryl/α,β-unsaturated/α-hetero) is 1. The molecule has 6 nitrogen and oxygen atoms in total. The molecule has 1 aliphatic heterocycles. The number of urea groups is 1. The van der Waals surface area contributed by atoms with E-state index in [1.54, 1.807) is 25.1 Å². The average molecular weight is 383 g/mol. The Morgan fingerprint density at radius 1 is 1.14 bits per heavy atom. The van der Waals surface area contributed by atoms with Gasteiger partial charge in [-0.05, 0) is 57.0 Å². The fourth-order valence-electron chi connectivity index (χ4n) is 4.40. The van der Waals surface area contributed by atoms with Gasteiger partial charge < -0.3 is 9.88 Å².